The molecule has 0 saturated heterocycles. The maximum Gasteiger partial charge on any atom is 0.160 e. The summed E-state index contributed by atoms with van der Waals surface area (Å²) in [6.45, 7) is 0. The molecule has 0 radical (unpaired) electrons. The Morgan fingerprint density at radius 2 is 0.698 bits per heavy atom. The fourth-order valence-electron chi connectivity index (χ4n) is 9.16. The van der Waals surface area contributed by atoms with Crippen LogP contribution < -0.4 is 9.80 Å². The standard InChI is InChI=1S/C58H39N5/c1-4-16-41(17-5-1)50-39-51(42-18-6-2-7-19-42)60-58(59-50)43-30-35-46(36-31-43)61-52-23-11-10-22-48(52)49-38-44(32-37-53(49)61)40-28-33-47(34-29-40)63-56-26-14-12-24-54(56)62(45-20-8-3-9-21-45)55-25-13-15-27-57(55)63/h1-39H. The van der Waals surface area contributed by atoms with E-state index in [1.807, 2.05) is 36.4 Å². The van der Waals surface area contributed by atoms with Gasteiger partial charge in [-0.3, -0.25) is 0 Å². The summed E-state index contributed by atoms with van der Waals surface area (Å²) in [5, 5.41) is 2.42. The Kier molecular flexibility index (Phi) is 8.75. The zero-order valence-electron chi connectivity index (χ0n) is 34.3. The first-order chi connectivity index (χ1) is 31.2. The number of nitrogens with zero attached hydrogens (tertiary/aromatic N) is 5. The first kappa shape index (κ1) is 36.3. The average molecular weight is 806 g/mol. The van der Waals surface area contributed by atoms with Crippen LogP contribution in [0.25, 0.3) is 72.5 Å². The summed E-state index contributed by atoms with van der Waals surface area (Å²) in [4.78, 5) is 14.9. The SMILES string of the molecule is c1ccc(-c2cc(-c3ccccc3)nc(-c3ccc(-n4c5ccccc5c5cc(-c6ccc(N7c8ccccc8N(c8ccccc8)c8ccccc87)cc6)ccc54)cc3)n2)cc1. The first-order valence-electron chi connectivity index (χ1n) is 21.3. The first-order valence-corrected chi connectivity index (χ1v) is 21.3. The molecule has 0 N–H and O–H groups in total. The quantitative estimate of drug-likeness (QED) is 0.161. The largest absolute Gasteiger partial charge is 0.309 e. The molecule has 3 heterocycles. The van der Waals surface area contributed by atoms with Crippen molar-refractivity contribution >= 4 is 55.9 Å². The summed E-state index contributed by atoms with van der Waals surface area (Å²) in [5.41, 5.74) is 17.4. The van der Waals surface area contributed by atoms with Crippen molar-refractivity contribution in [2.24, 2.45) is 0 Å². The molecule has 5 nitrogen and oxygen atoms in total. The summed E-state index contributed by atoms with van der Waals surface area (Å²) in [5.74, 6) is 0.697. The average Bonchev–Trinajstić information content (AvgIpc) is 3.70. The lowest BCUT2D eigenvalue weighted by Crippen LogP contribution is -2.23. The fourth-order valence-corrected chi connectivity index (χ4v) is 9.16. The van der Waals surface area contributed by atoms with Gasteiger partial charge in [0.05, 0.1) is 45.2 Å². The van der Waals surface area contributed by atoms with Crippen molar-refractivity contribution in [3.8, 4) is 50.7 Å². The van der Waals surface area contributed by atoms with Gasteiger partial charge in [-0.15, -0.1) is 0 Å². The molecule has 5 heteroatoms. The third-order valence-corrected chi connectivity index (χ3v) is 12.1. The van der Waals surface area contributed by atoms with Gasteiger partial charge in [0.2, 0.25) is 0 Å². The lowest BCUT2D eigenvalue weighted by molar-refractivity contribution is 1.16. The number of benzene rings is 9. The van der Waals surface area contributed by atoms with E-state index in [2.05, 4.69) is 215 Å². The van der Waals surface area contributed by atoms with Gasteiger partial charge in [-0.25, -0.2) is 9.97 Å². The van der Waals surface area contributed by atoms with Crippen LogP contribution in [0.1, 0.15) is 0 Å². The number of para-hydroxylation sites is 6. The Balaban J connectivity index is 0.896. The molecule has 1 aliphatic rings. The molecule has 296 valence electrons. The zero-order valence-corrected chi connectivity index (χ0v) is 34.3. The van der Waals surface area contributed by atoms with Crippen LogP contribution in [0.5, 0.6) is 0 Å². The second-order valence-corrected chi connectivity index (χ2v) is 15.9. The molecule has 11 aromatic rings. The third-order valence-electron chi connectivity index (χ3n) is 12.1. The topological polar surface area (TPSA) is 37.2 Å². The monoisotopic (exact) mass is 805 g/mol. The molecule has 0 saturated carbocycles. The van der Waals surface area contributed by atoms with Gasteiger partial charge in [0.1, 0.15) is 0 Å². The highest BCUT2D eigenvalue weighted by molar-refractivity contribution is 6.10. The van der Waals surface area contributed by atoms with E-state index in [4.69, 9.17) is 9.97 Å². The number of fused-ring (bicyclic) bond motifs is 5. The highest BCUT2D eigenvalue weighted by atomic mass is 15.3. The Labute approximate surface area is 366 Å². The highest BCUT2D eigenvalue weighted by Gasteiger charge is 2.30. The molecule has 0 spiro atoms. The molecule has 2 aromatic heterocycles. The van der Waals surface area contributed by atoms with Gasteiger partial charge in [-0.05, 0) is 108 Å². The molecule has 0 bridgehead atoms. The van der Waals surface area contributed by atoms with E-state index in [0.29, 0.717) is 5.82 Å². The minimum absolute atomic E-state index is 0.697. The van der Waals surface area contributed by atoms with E-state index < -0.39 is 0 Å². The predicted octanol–water partition coefficient (Wildman–Crippen LogP) is 15.5. The molecule has 0 atom stereocenters. The van der Waals surface area contributed by atoms with E-state index in [9.17, 15) is 0 Å². The minimum Gasteiger partial charge on any atom is -0.309 e. The molecule has 0 amide bonds. The minimum atomic E-state index is 0.697. The second kappa shape index (κ2) is 15.2. The lowest BCUT2D eigenvalue weighted by Gasteiger charge is -2.40. The molecule has 1 aliphatic heterocycles. The molecule has 0 fully saturated rings. The number of hydrogen-bond donors (Lipinski definition) is 0. The molecule has 63 heavy (non-hydrogen) atoms. The van der Waals surface area contributed by atoms with Crippen molar-refractivity contribution in [2.75, 3.05) is 9.80 Å². The van der Waals surface area contributed by atoms with Crippen LogP contribution in [0.4, 0.5) is 34.1 Å². The van der Waals surface area contributed by atoms with Crippen molar-refractivity contribution in [1.82, 2.24) is 14.5 Å². The van der Waals surface area contributed by atoms with Crippen LogP contribution in [0, 0.1) is 0 Å². The van der Waals surface area contributed by atoms with Crippen LogP contribution in [0.3, 0.4) is 0 Å². The van der Waals surface area contributed by atoms with E-state index in [1.165, 1.54) is 21.9 Å². The Morgan fingerprint density at radius 3 is 1.27 bits per heavy atom. The van der Waals surface area contributed by atoms with Gasteiger partial charge in [-0.1, -0.05) is 140 Å². The molecular formula is C58H39N5. The number of aromatic nitrogens is 3. The molecule has 0 unspecified atom stereocenters. The van der Waals surface area contributed by atoms with Gasteiger partial charge in [-0.2, -0.15) is 0 Å². The number of anilines is 6. The van der Waals surface area contributed by atoms with E-state index >= 15 is 0 Å². The summed E-state index contributed by atoms with van der Waals surface area (Å²) in [6, 6.07) is 83.9. The van der Waals surface area contributed by atoms with Gasteiger partial charge in [0.15, 0.2) is 5.82 Å². The summed E-state index contributed by atoms with van der Waals surface area (Å²) in [6.07, 6.45) is 0. The van der Waals surface area contributed by atoms with Crippen LogP contribution >= 0.6 is 0 Å². The Morgan fingerprint density at radius 1 is 0.270 bits per heavy atom. The van der Waals surface area contributed by atoms with Gasteiger partial charge in [0.25, 0.3) is 0 Å². The van der Waals surface area contributed by atoms with Crippen molar-refractivity contribution in [3.63, 3.8) is 0 Å². The molecular weight excluding hydrogens is 767 g/mol. The number of rotatable bonds is 7. The molecule has 12 rings (SSSR count). The van der Waals surface area contributed by atoms with Gasteiger partial charge < -0.3 is 14.4 Å². The summed E-state index contributed by atoms with van der Waals surface area (Å²) in [7, 11) is 0. The van der Waals surface area contributed by atoms with Crippen LogP contribution in [-0.4, -0.2) is 14.5 Å². The van der Waals surface area contributed by atoms with Crippen LogP contribution in [0.2, 0.25) is 0 Å². The summed E-state index contributed by atoms with van der Waals surface area (Å²) < 4.78 is 2.36. The highest BCUT2D eigenvalue weighted by Crippen LogP contribution is 2.54. The van der Waals surface area contributed by atoms with Gasteiger partial charge in [0, 0.05) is 44.5 Å². The number of hydrogen-bond acceptors (Lipinski definition) is 4. The van der Waals surface area contributed by atoms with Crippen molar-refractivity contribution < 1.29 is 0 Å². The third kappa shape index (κ3) is 6.34. The fraction of sp³-hybridized carbons (Fsp3) is 0. The molecule has 0 aliphatic carbocycles. The van der Waals surface area contributed by atoms with Crippen molar-refractivity contribution in [2.45, 2.75) is 0 Å². The van der Waals surface area contributed by atoms with Crippen LogP contribution in [0.15, 0.2) is 237 Å². The zero-order chi connectivity index (χ0) is 41.7. The maximum absolute atomic E-state index is 5.07. The normalized spacial score (nSPS) is 12.1. The smallest absolute Gasteiger partial charge is 0.160 e. The Hall–Kier alpha value is -8.54. The predicted molar refractivity (Wildman–Crippen MR) is 261 cm³/mol. The van der Waals surface area contributed by atoms with E-state index in [-0.39, 0.29) is 0 Å². The maximum atomic E-state index is 5.07. The second-order valence-electron chi connectivity index (χ2n) is 15.9. The lowest BCUT2D eigenvalue weighted by atomic mass is 10.0. The van der Waals surface area contributed by atoms with Crippen molar-refractivity contribution in [3.05, 3.63) is 237 Å². The van der Waals surface area contributed by atoms with Crippen molar-refractivity contribution in [1.29, 1.82) is 0 Å². The Bertz CT molecular complexity index is 3330. The summed E-state index contributed by atoms with van der Waals surface area (Å²) >= 11 is 0. The van der Waals surface area contributed by atoms with Crippen LogP contribution in [-0.2, 0) is 0 Å². The van der Waals surface area contributed by atoms with E-state index in [1.54, 1.807) is 0 Å². The van der Waals surface area contributed by atoms with E-state index in [0.717, 1.165) is 78.9 Å². The molecule has 9 aromatic carbocycles. The van der Waals surface area contributed by atoms with Gasteiger partial charge >= 0.3 is 0 Å².